The minimum Gasteiger partial charge on any atom is -0.512 e. The van der Waals surface area contributed by atoms with Crippen LogP contribution in [0.1, 0.15) is 13.8 Å². The Labute approximate surface area is 178 Å². The first-order chi connectivity index (χ1) is 13.0. The smallest absolute Gasteiger partial charge is 0.316 e. The molecule has 0 fully saturated rings. The van der Waals surface area contributed by atoms with Gasteiger partial charge in [-0.3, -0.25) is 9.78 Å². The summed E-state index contributed by atoms with van der Waals surface area (Å²) in [5, 5.41) is 12.1. The largest absolute Gasteiger partial charge is 0.512 e. The number of pyridine rings is 1. The van der Waals surface area contributed by atoms with Gasteiger partial charge < -0.3 is 5.11 Å². The Balaban J connectivity index is 0.000000306. The summed E-state index contributed by atoms with van der Waals surface area (Å²) in [5.41, 5.74) is 3.02. The third kappa shape index (κ3) is 5.35. The van der Waals surface area contributed by atoms with Gasteiger partial charge in [0.05, 0.1) is 24.3 Å². The Kier molecular flexibility index (Phi) is 7.62. The molecule has 0 unspecified atom stereocenters. The molecule has 28 heavy (non-hydrogen) atoms. The Morgan fingerprint density at radius 1 is 0.929 bits per heavy atom. The third-order valence-corrected chi connectivity index (χ3v) is 4.00. The van der Waals surface area contributed by atoms with Crippen LogP contribution >= 0.6 is 0 Å². The van der Waals surface area contributed by atoms with Crippen LogP contribution < -0.4 is 0 Å². The minimum atomic E-state index is 0. The topological polar surface area (TPSA) is 54.5 Å². The fourth-order valence-electron chi connectivity index (χ4n) is 2.89. The summed E-state index contributed by atoms with van der Waals surface area (Å²) in [5.74, 6) is 0.250. The predicted molar refractivity (Wildman–Crippen MR) is 113 cm³/mol. The van der Waals surface area contributed by atoms with Gasteiger partial charge in [0.1, 0.15) is 0 Å². The molecule has 4 rings (SSSR count). The summed E-state index contributed by atoms with van der Waals surface area (Å²) in [4.78, 5) is 13.2. The van der Waals surface area contributed by atoms with E-state index < -0.39 is 0 Å². The average Bonchev–Trinajstić information content (AvgIpc) is 2.67. The Hall–Kier alpha value is -2.81. The molecule has 143 valence electrons. The summed E-state index contributed by atoms with van der Waals surface area (Å²) < 4.78 is 0. The van der Waals surface area contributed by atoms with Gasteiger partial charge in [0.2, 0.25) is 0 Å². The summed E-state index contributed by atoms with van der Waals surface area (Å²) in [6.07, 6.45) is 1.28. The molecule has 0 saturated carbocycles. The summed E-state index contributed by atoms with van der Waals surface area (Å²) in [6.45, 7) is 3.00. The zero-order valence-corrected chi connectivity index (χ0v) is 18.1. The number of rotatable bonds is 2. The van der Waals surface area contributed by atoms with E-state index in [1.165, 1.54) is 36.1 Å². The fraction of sp³-hybridized carbons (Fsp3) is 0.0833. The second-order valence-corrected chi connectivity index (χ2v) is 6.25. The van der Waals surface area contributed by atoms with Gasteiger partial charge >= 0.3 is 5.78 Å². The van der Waals surface area contributed by atoms with Crippen molar-refractivity contribution in [2.24, 2.45) is 0 Å². The maximum atomic E-state index is 8.40. The van der Waals surface area contributed by atoms with Gasteiger partial charge in [0.15, 0.2) is 0 Å². The fourth-order valence-corrected chi connectivity index (χ4v) is 2.89. The second-order valence-electron chi connectivity index (χ2n) is 6.25. The van der Waals surface area contributed by atoms with E-state index in [9.17, 15) is 0 Å². The van der Waals surface area contributed by atoms with Crippen molar-refractivity contribution in [3.8, 4) is 11.3 Å². The van der Waals surface area contributed by atoms with Gasteiger partial charge in [0, 0.05) is 25.5 Å². The van der Waals surface area contributed by atoms with E-state index in [0.29, 0.717) is 0 Å². The van der Waals surface area contributed by atoms with E-state index in [2.05, 4.69) is 54.6 Å². The number of aromatic nitrogens is 1. The van der Waals surface area contributed by atoms with Crippen molar-refractivity contribution in [3.05, 3.63) is 90.7 Å². The molecule has 0 amide bonds. The van der Waals surface area contributed by atoms with Crippen LogP contribution in [-0.4, -0.2) is 20.7 Å². The van der Waals surface area contributed by atoms with Crippen molar-refractivity contribution in [2.75, 3.05) is 0 Å². The number of allylic oxidation sites excluding steroid dienone is 2. The van der Waals surface area contributed by atoms with Gasteiger partial charge in [-0.25, -0.2) is 0 Å². The van der Waals surface area contributed by atoms with Gasteiger partial charge in [-0.1, -0.05) is 42.5 Å². The Morgan fingerprint density at radius 2 is 1.68 bits per heavy atom. The molecule has 0 saturated heterocycles. The van der Waals surface area contributed by atoms with Crippen LogP contribution in [-0.2, 0) is 20.1 Å². The second kappa shape index (κ2) is 9.93. The monoisotopic (exact) mass is 548 g/mol. The number of ketones is 1. The van der Waals surface area contributed by atoms with Crippen molar-refractivity contribution in [1.82, 2.24) is 4.98 Å². The van der Waals surface area contributed by atoms with Crippen molar-refractivity contribution < 1.29 is 30.0 Å². The molecule has 2 N–H and O–H groups in total. The first kappa shape index (κ1) is 21.5. The van der Waals surface area contributed by atoms with E-state index in [1.807, 2.05) is 24.3 Å². The predicted octanol–water partition coefficient (Wildman–Crippen LogP) is 5.87. The van der Waals surface area contributed by atoms with E-state index in [-0.39, 0.29) is 31.6 Å². The van der Waals surface area contributed by atoms with Crippen molar-refractivity contribution in [2.45, 2.75) is 13.8 Å². The molecule has 1 aromatic heterocycles. The van der Waals surface area contributed by atoms with E-state index in [1.54, 1.807) is 0 Å². The number of carbonyl (C=O) groups excluding carboxylic acids is 1. The number of benzene rings is 3. The summed E-state index contributed by atoms with van der Waals surface area (Å²) in [7, 11) is 0. The maximum absolute atomic E-state index is 8.40. The molecular weight excluding hydrogens is 526 g/mol. The summed E-state index contributed by atoms with van der Waals surface area (Å²) in [6, 6.07) is 28.0. The molecule has 4 heteroatoms. The quantitative estimate of drug-likeness (QED) is 0.112. The molecule has 0 bridgehead atoms. The van der Waals surface area contributed by atoms with Crippen LogP contribution in [0.2, 0.25) is 0 Å². The number of nitrogens with zero attached hydrogens (tertiary/aromatic N) is 1. The molecule has 3 nitrogen and oxygen atoms in total. The maximum Gasteiger partial charge on any atom is 0.316 e. The number of aliphatic hydroxyl groups excluding tert-OH is 1. The number of hydrogen-bond acceptors (Lipinski definition) is 2. The van der Waals surface area contributed by atoms with Gasteiger partial charge in [-0.2, -0.15) is 0 Å². The first-order valence-electron chi connectivity index (χ1n) is 8.70. The Morgan fingerprint density at radius 3 is 2.32 bits per heavy atom. The van der Waals surface area contributed by atoms with Crippen molar-refractivity contribution in [3.63, 3.8) is 0 Å². The van der Waals surface area contributed by atoms with Crippen LogP contribution in [0.15, 0.2) is 84.6 Å². The van der Waals surface area contributed by atoms with Crippen LogP contribution in [0, 0.1) is 6.07 Å². The normalized spacial score (nSPS) is 10.7. The molecule has 0 aliphatic rings. The molecule has 0 aliphatic heterocycles. The van der Waals surface area contributed by atoms with Crippen molar-refractivity contribution >= 4 is 27.5 Å². The third-order valence-electron chi connectivity index (χ3n) is 4.00. The average molecular weight is 548 g/mol. The van der Waals surface area contributed by atoms with Crippen LogP contribution in [0.25, 0.3) is 32.9 Å². The number of fused-ring (bicyclic) bond motifs is 3. The van der Waals surface area contributed by atoms with E-state index >= 15 is 0 Å². The number of hydrogen-bond donors (Lipinski definition) is 1. The molecule has 3 aromatic carbocycles. The van der Waals surface area contributed by atoms with E-state index in [0.717, 1.165) is 16.8 Å². The Bertz CT molecular complexity index is 1120. The molecular formula is C24H21IrNO2. The van der Waals surface area contributed by atoms with Gasteiger partial charge in [0.25, 0.3) is 0 Å². The van der Waals surface area contributed by atoms with E-state index in [4.69, 9.17) is 14.9 Å². The minimum absolute atomic E-state index is 0. The number of aliphatic hydroxyl groups is 1. The molecule has 4 aromatic rings. The molecule has 0 aliphatic carbocycles. The van der Waals surface area contributed by atoms with Crippen LogP contribution in [0.4, 0.5) is 0 Å². The zero-order valence-electron chi connectivity index (χ0n) is 15.7. The molecule has 0 atom stereocenters. The van der Waals surface area contributed by atoms with Crippen molar-refractivity contribution in [1.29, 1.82) is 0 Å². The first-order valence-corrected chi connectivity index (χ1v) is 8.70. The van der Waals surface area contributed by atoms with Crippen LogP contribution in [0.5, 0.6) is 0 Å². The SMILES string of the molecule is CC(=[OH+])/C=C(/C)O.[Ir].[c-]1ccccc1-c1ccc2c(ccc3ccccc32)n1. The van der Waals surface area contributed by atoms with Gasteiger partial charge in [-0.15, -0.1) is 35.9 Å². The summed E-state index contributed by atoms with van der Waals surface area (Å²) >= 11 is 0. The molecule has 1 radical (unpaired) electrons. The van der Waals surface area contributed by atoms with Gasteiger partial charge in [-0.05, 0) is 29.5 Å². The molecule has 0 spiro atoms. The standard InChI is InChI=1S/C19H12N.C5H8O2.Ir/c1-2-7-15(8-3-1)18-13-11-17-16-9-5-4-6-14(16)10-12-19(17)20-18;1-4(6)3-5(2)7;/h1-7,9-13H;3,6H,1-2H3;/q-1;;/p+1/b;4-3-;. The zero-order chi connectivity index (χ0) is 19.2. The molecule has 1 heterocycles. The van der Waals surface area contributed by atoms with Crippen LogP contribution in [0.3, 0.4) is 0 Å².